The second kappa shape index (κ2) is 7.34. The Kier molecular flexibility index (Phi) is 7.29. The average Bonchev–Trinajstić information content (AvgIpc) is 2.78. The summed E-state index contributed by atoms with van der Waals surface area (Å²) in [5.41, 5.74) is 0. The third-order valence-electron chi connectivity index (χ3n) is 2.34. The zero-order valence-electron chi connectivity index (χ0n) is 9.67. The molecule has 0 aromatic heterocycles. The lowest BCUT2D eigenvalue weighted by Gasteiger charge is -2.07. The van der Waals surface area contributed by atoms with E-state index >= 15 is 0 Å². The van der Waals surface area contributed by atoms with Crippen LogP contribution < -0.4 is 0 Å². The lowest BCUT2D eigenvalue weighted by molar-refractivity contribution is -0.0905. The first kappa shape index (κ1) is 12.9. The highest BCUT2D eigenvalue weighted by atomic mass is 16.7. The van der Waals surface area contributed by atoms with Crippen LogP contribution in [-0.2, 0) is 9.47 Å². The molecule has 2 aliphatic rings. The van der Waals surface area contributed by atoms with Gasteiger partial charge in [-0.1, -0.05) is 34.6 Å². The zero-order valence-corrected chi connectivity index (χ0v) is 9.67. The number of hydrogen-bond donors (Lipinski definition) is 0. The van der Waals surface area contributed by atoms with Crippen molar-refractivity contribution in [2.24, 2.45) is 11.8 Å². The van der Waals surface area contributed by atoms with Crippen LogP contribution in [0.5, 0.6) is 0 Å². The number of hydrogen-bond acceptors (Lipinski definition) is 2. The Bertz CT molecular complexity index is 115. The first-order valence-corrected chi connectivity index (χ1v) is 5.61. The first-order chi connectivity index (χ1) is 6.38. The third-order valence-corrected chi connectivity index (χ3v) is 2.34. The van der Waals surface area contributed by atoms with Crippen molar-refractivity contribution < 1.29 is 9.47 Å². The van der Waals surface area contributed by atoms with Crippen LogP contribution in [0.25, 0.3) is 0 Å². The molecule has 0 bridgehead atoms. The maximum Gasteiger partial charge on any atom is 0.160 e. The van der Waals surface area contributed by atoms with Gasteiger partial charge in [0.15, 0.2) is 6.29 Å². The van der Waals surface area contributed by atoms with E-state index in [0.29, 0.717) is 5.92 Å². The Morgan fingerprint density at radius 2 is 1.62 bits per heavy atom. The van der Waals surface area contributed by atoms with Crippen molar-refractivity contribution in [3.63, 3.8) is 0 Å². The van der Waals surface area contributed by atoms with Gasteiger partial charge in [0.1, 0.15) is 0 Å². The Morgan fingerprint density at radius 1 is 1.00 bits per heavy atom. The Hall–Kier alpha value is -0.0800. The summed E-state index contributed by atoms with van der Waals surface area (Å²) in [4.78, 5) is 0. The fourth-order valence-electron chi connectivity index (χ4n) is 1.67. The lowest BCUT2D eigenvalue weighted by Crippen LogP contribution is -2.12. The Balaban J connectivity index is 0.000000322. The normalized spacial score (nSPS) is 35.3. The minimum Gasteiger partial charge on any atom is -0.352 e. The molecule has 2 aliphatic heterocycles. The fraction of sp³-hybridized carbons (Fsp3) is 1.00. The number of fused-ring (bicyclic) bond motifs is 1. The van der Waals surface area contributed by atoms with Gasteiger partial charge in [-0.3, -0.25) is 0 Å². The van der Waals surface area contributed by atoms with Crippen LogP contribution in [-0.4, -0.2) is 19.5 Å². The molecule has 2 fully saturated rings. The lowest BCUT2D eigenvalue weighted by atomic mass is 9.96. The van der Waals surface area contributed by atoms with E-state index in [1.807, 2.05) is 27.7 Å². The van der Waals surface area contributed by atoms with Crippen LogP contribution in [0.1, 0.15) is 41.0 Å². The molecule has 13 heavy (non-hydrogen) atoms. The maximum atomic E-state index is 5.37. The van der Waals surface area contributed by atoms with E-state index < -0.39 is 0 Å². The molecule has 0 aromatic rings. The van der Waals surface area contributed by atoms with Crippen LogP contribution in [0.3, 0.4) is 0 Å². The van der Waals surface area contributed by atoms with Crippen LogP contribution in [0.4, 0.5) is 0 Å². The van der Waals surface area contributed by atoms with Crippen LogP contribution in [0.2, 0.25) is 0 Å². The summed E-state index contributed by atoms with van der Waals surface area (Å²) in [5.74, 6) is 1.42. The molecule has 2 nitrogen and oxygen atoms in total. The largest absolute Gasteiger partial charge is 0.352 e. The molecule has 0 aliphatic carbocycles. The molecule has 2 heteroatoms. The second-order valence-electron chi connectivity index (χ2n) is 3.00. The van der Waals surface area contributed by atoms with E-state index in [0.717, 1.165) is 19.1 Å². The predicted molar refractivity (Wildman–Crippen MR) is 55.7 cm³/mol. The van der Waals surface area contributed by atoms with Crippen molar-refractivity contribution in [1.82, 2.24) is 0 Å². The summed E-state index contributed by atoms with van der Waals surface area (Å²) in [6.07, 6.45) is 1.35. The highest BCUT2D eigenvalue weighted by Crippen LogP contribution is 2.34. The Morgan fingerprint density at radius 3 is 2.15 bits per heavy atom. The SMILES string of the molecule is CC.CC.CC1CO[C@H]2OCC[C@@H]12. The summed E-state index contributed by atoms with van der Waals surface area (Å²) in [6, 6.07) is 0. The number of ether oxygens (including phenoxy) is 2. The standard InChI is InChI=1S/C7H12O2.2C2H6/c1-5-4-9-7-6(5)2-3-8-7;2*1-2/h5-7H,2-4H2,1H3;2*1-2H3/t5?,6-,7+;;/m0../s1. The summed E-state index contributed by atoms with van der Waals surface area (Å²) in [7, 11) is 0. The van der Waals surface area contributed by atoms with E-state index in [2.05, 4.69) is 6.92 Å². The molecule has 0 spiro atoms. The summed E-state index contributed by atoms with van der Waals surface area (Å²) in [5, 5.41) is 0. The third kappa shape index (κ3) is 3.28. The van der Waals surface area contributed by atoms with Gasteiger partial charge in [0, 0.05) is 5.92 Å². The van der Waals surface area contributed by atoms with Gasteiger partial charge < -0.3 is 9.47 Å². The van der Waals surface area contributed by atoms with Crippen LogP contribution in [0, 0.1) is 11.8 Å². The van der Waals surface area contributed by atoms with Gasteiger partial charge >= 0.3 is 0 Å². The van der Waals surface area contributed by atoms with Gasteiger partial charge in [-0.2, -0.15) is 0 Å². The van der Waals surface area contributed by atoms with Crippen molar-refractivity contribution in [3.8, 4) is 0 Å². The van der Waals surface area contributed by atoms with Crippen molar-refractivity contribution >= 4 is 0 Å². The monoisotopic (exact) mass is 188 g/mol. The van der Waals surface area contributed by atoms with E-state index in [-0.39, 0.29) is 6.29 Å². The van der Waals surface area contributed by atoms with Crippen molar-refractivity contribution in [2.45, 2.75) is 47.3 Å². The highest BCUT2D eigenvalue weighted by molar-refractivity contribution is 4.79. The minimum atomic E-state index is 0.153. The van der Waals surface area contributed by atoms with E-state index in [9.17, 15) is 0 Å². The number of rotatable bonds is 0. The van der Waals surface area contributed by atoms with E-state index in [1.165, 1.54) is 6.42 Å². The predicted octanol–water partition coefficient (Wildman–Crippen LogP) is 3.07. The van der Waals surface area contributed by atoms with Gasteiger partial charge in [0.25, 0.3) is 0 Å². The molecule has 0 saturated carbocycles. The molecule has 1 unspecified atom stereocenters. The molecule has 2 rings (SSSR count). The van der Waals surface area contributed by atoms with E-state index in [4.69, 9.17) is 9.47 Å². The molecule has 2 saturated heterocycles. The summed E-state index contributed by atoms with van der Waals surface area (Å²) in [6.45, 7) is 12.0. The quantitative estimate of drug-likeness (QED) is 0.581. The van der Waals surface area contributed by atoms with Gasteiger partial charge in [-0.15, -0.1) is 0 Å². The molecule has 0 radical (unpaired) electrons. The van der Waals surface area contributed by atoms with Gasteiger partial charge in [-0.25, -0.2) is 0 Å². The first-order valence-electron chi connectivity index (χ1n) is 5.61. The zero-order chi connectivity index (χ0) is 10.3. The highest BCUT2D eigenvalue weighted by Gasteiger charge is 2.38. The molecule has 3 atom stereocenters. The molecule has 80 valence electrons. The molecular weight excluding hydrogens is 164 g/mol. The molecule has 2 heterocycles. The molecular formula is C11H24O2. The fourth-order valence-corrected chi connectivity index (χ4v) is 1.67. The second-order valence-corrected chi connectivity index (χ2v) is 3.00. The topological polar surface area (TPSA) is 18.5 Å². The molecule has 0 N–H and O–H groups in total. The molecule has 0 amide bonds. The Labute approximate surface area is 82.6 Å². The van der Waals surface area contributed by atoms with Gasteiger partial charge in [0.2, 0.25) is 0 Å². The van der Waals surface area contributed by atoms with Gasteiger partial charge in [0.05, 0.1) is 13.2 Å². The average molecular weight is 188 g/mol. The van der Waals surface area contributed by atoms with Gasteiger partial charge in [-0.05, 0) is 12.3 Å². The maximum absolute atomic E-state index is 5.37. The van der Waals surface area contributed by atoms with Crippen LogP contribution >= 0.6 is 0 Å². The van der Waals surface area contributed by atoms with Crippen molar-refractivity contribution in [3.05, 3.63) is 0 Å². The molecule has 0 aromatic carbocycles. The summed E-state index contributed by atoms with van der Waals surface area (Å²) < 4.78 is 10.7. The van der Waals surface area contributed by atoms with Crippen LogP contribution in [0.15, 0.2) is 0 Å². The summed E-state index contributed by atoms with van der Waals surface area (Å²) >= 11 is 0. The smallest absolute Gasteiger partial charge is 0.160 e. The van der Waals surface area contributed by atoms with Crippen molar-refractivity contribution in [2.75, 3.05) is 13.2 Å². The van der Waals surface area contributed by atoms with Crippen molar-refractivity contribution in [1.29, 1.82) is 0 Å². The minimum absolute atomic E-state index is 0.153. The van der Waals surface area contributed by atoms with E-state index in [1.54, 1.807) is 0 Å².